The van der Waals surface area contributed by atoms with Crippen LogP contribution in [0.4, 0.5) is 10.5 Å². The highest BCUT2D eigenvalue weighted by molar-refractivity contribution is 5.91. The van der Waals surface area contributed by atoms with E-state index in [1.165, 1.54) is 19.2 Å². The summed E-state index contributed by atoms with van der Waals surface area (Å²) in [5.74, 6) is -0.534. The number of carbonyl (C=O) groups excluding carboxylic acids is 2. The summed E-state index contributed by atoms with van der Waals surface area (Å²) in [5.41, 5.74) is 0.837. The van der Waals surface area contributed by atoms with Crippen molar-refractivity contribution in [3.8, 4) is 0 Å². The topological polar surface area (TPSA) is 96.9 Å². The zero-order valence-corrected chi connectivity index (χ0v) is 13.0. The van der Waals surface area contributed by atoms with Crippen molar-refractivity contribution in [3.63, 3.8) is 0 Å². The number of hydrogen-bond acceptors (Lipinski definition) is 6. The van der Waals surface area contributed by atoms with Crippen molar-refractivity contribution in [2.45, 2.75) is 26.0 Å². The fraction of sp³-hybridized carbons (Fsp3) is 0.467. The molecule has 122 valence electrons. The van der Waals surface area contributed by atoms with Gasteiger partial charge in [-0.2, -0.15) is 0 Å². The first-order valence-electron chi connectivity index (χ1n) is 6.96. The third-order valence-corrected chi connectivity index (χ3v) is 2.72. The van der Waals surface area contributed by atoms with Crippen LogP contribution in [0.15, 0.2) is 24.3 Å². The molecule has 0 spiro atoms. The number of benzene rings is 1. The van der Waals surface area contributed by atoms with Crippen molar-refractivity contribution in [3.05, 3.63) is 29.8 Å². The second-order valence-corrected chi connectivity index (χ2v) is 5.01. The number of rotatable bonds is 7. The van der Waals surface area contributed by atoms with E-state index >= 15 is 0 Å². The summed E-state index contributed by atoms with van der Waals surface area (Å²) in [4.78, 5) is 22.8. The standard InChI is InChI=1S/C15H22N2O5/c1-10(2)16-8-13(18)9-22-14(19)11-4-6-12(7-5-11)17-15(20)21-3/h4-7,10,13,16,18H,8-9H2,1-3H3,(H,17,20). The fourth-order valence-corrected chi connectivity index (χ4v) is 1.54. The monoisotopic (exact) mass is 310 g/mol. The molecule has 1 rings (SSSR count). The third kappa shape index (κ3) is 6.55. The Morgan fingerprint density at radius 3 is 2.41 bits per heavy atom. The Morgan fingerprint density at radius 2 is 1.86 bits per heavy atom. The van der Waals surface area contributed by atoms with Gasteiger partial charge in [0, 0.05) is 18.3 Å². The predicted octanol–water partition coefficient (Wildman–Crippen LogP) is 1.38. The number of amides is 1. The number of aliphatic hydroxyl groups is 1. The van der Waals surface area contributed by atoms with Crippen LogP contribution in [-0.2, 0) is 9.47 Å². The van der Waals surface area contributed by atoms with Crippen molar-refractivity contribution in [2.75, 3.05) is 25.6 Å². The van der Waals surface area contributed by atoms with Gasteiger partial charge < -0.3 is 19.9 Å². The molecule has 7 nitrogen and oxygen atoms in total. The molecule has 0 aliphatic rings. The molecule has 0 fully saturated rings. The average Bonchev–Trinajstić information content (AvgIpc) is 2.51. The number of nitrogens with one attached hydrogen (secondary N) is 2. The Kier molecular flexibility index (Phi) is 7.34. The minimum atomic E-state index is -0.758. The zero-order valence-electron chi connectivity index (χ0n) is 13.0. The van der Waals surface area contributed by atoms with Crippen molar-refractivity contribution >= 4 is 17.7 Å². The van der Waals surface area contributed by atoms with Crippen LogP contribution >= 0.6 is 0 Å². The van der Waals surface area contributed by atoms with Crippen molar-refractivity contribution in [1.29, 1.82) is 0 Å². The minimum Gasteiger partial charge on any atom is -0.459 e. The van der Waals surface area contributed by atoms with Crippen LogP contribution in [0.2, 0.25) is 0 Å². The molecule has 0 saturated heterocycles. The number of aliphatic hydroxyl groups excluding tert-OH is 1. The molecule has 3 N–H and O–H groups in total. The van der Waals surface area contributed by atoms with Gasteiger partial charge in [0.25, 0.3) is 0 Å². The molecule has 1 atom stereocenters. The summed E-state index contributed by atoms with van der Waals surface area (Å²) >= 11 is 0. The molecule has 1 aromatic carbocycles. The van der Waals surface area contributed by atoms with Gasteiger partial charge in [0.1, 0.15) is 12.7 Å². The van der Waals surface area contributed by atoms with Crippen LogP contribution in [-0.4, -0.2) is 49.6 Å². The van der Waals surface area contributed by atoms with Gasteiger partial charge >= 0.3 is 12.1 Å². The second-order valence-electron chi connectivity index (χ2n) is 5.01. The first kappa shape index (κ1) is 17.9. The molecule has 0 aromatic heterocycles. The highest BCUT2D eigenvalue weighted by Gasteiger charge is 2.11. The number of hydrogen-bond donors (Lipinski definition) is 3. The Bertz CT molecular complexity index is 487. The van der Waals surface area contributed by atoms with Gasteiger partial charge in [-0.05, 0) is 24.3 Å². The van der Waals surface area contributed by atoms with Gasteiger partial charge in [0.2, 0.25) is 0 Å². The molecule has 22 heavy (non-hydrogen) atoms. The first-order valence-corrected chi connectivity index (χ1v) is 6.96. The van der Waals surface area contributed by atoms with Gasteiger partial charge in [-0.1, -0.05) is 13.8 Å². The third-order valence-electron chi connectivity index (χ3n) is 2.72. The van der Waals surface area contributed by atoms with E-state index in [1.807, 2.05) is 13.8 Å². The quantitative estimate of drug-likeness (QED) is 0.658. The highest BCUT2D eigenvalue weighted by atomic mass is 16.5. The Hall–Kier alpha value is -2.12. The van der Waals surface area contributed by atoms with E-state index in [9.17, 15) is 14.7 Å². The van der Waals surface area contributed by atoms with Gasteiger partial charge in [-0.15, -0.1) is 0 Å². The van der Waals surface area contributed by atoms with Crippen LogP contribution in [0.25, 0.3) is 0 Å². The predicted molar refractivity (Wildman–Crippen MR) is 81.9 cm³/mol. The largest absolute Gasteiger partial charge is 0.459 e. The van der Waals surface area contributed by atoms with Crippen LogP contribution in [0.1, 0.15) is 24.2 Å². The Labute approximate surface area is 129 Å². The number of methoxy groups -OCH3 is 1. The number of ether oxygens (including phenoxy) is 2. The normalized spacial score (nSPS) is 11.9. The van der Waals surface area contributed by atoms with E-state index < -0.39 is 18.2 Å². The molecular weight excluding hydrogens is 288 g/mol. The average molecular weight is 310 g/mol. The molecule has 0 aliphatic carbocycles. The van der Waals surface area contributed by atoms with E-state index in [1.54, 1.807) is 12.1 Å². The summed E-state index contributed by atoms with van der Waals surface area (Å²) in [5, 5.41) is 15.2. The smallest absolute Gasteiger partial charge is 0.411 e. The summed E-state index contributed by atoms with van der Waals surface area (Å²) in [6.07, 6.45) is -1.34. The van der Waals surface area contributed by atoms with E-state index in [-0.39, 0.29) is 12.6 Å². The molecule has 1 aromatic rings. The lowest BCUT2D eigenvalue weighted by Crippen LogP contribution is -2.35. The number of carbonyl (C=O) groups is 2. The summed E-state index contributed by atoms with van der Waals surface area (Å²) in [6.45, 7) is 4.19. The maximum absolute atomic E-state index is 11.8. The van der Waals surface area contributed by atoms with Crippen molar-refractivity contribution in [1.82, 2.24) is 5.32 Å². The lowest BCUT2D eigenvalue weighted by Gasteiger charge is -2.14. The van der Waals surface area contributed by atoms with Gasteiger partial charge in [-0.25, -0.2) is 9.59 Å². The molecule has 1 unspecified atom stereocenters. The van der Waals surface area contributed by atoms with Gasteiger partial charge in [0.15, 0.2) is 0 Å². The Morgan fingerprint density at radius 1 is 1.23 bits per heavy atom. The first-order chi connectivity index (χ1) is 10.4. The molecule has 0 heterocycles. The van der Waals surface area contributed by atoms with E-state index in [2.05, 4.69) is 15.4 Å². The molecule has 1 amide bonds. The minimum absolute atomic E-state index is 0.0826. The molecular formula is C15H22N2O5. The lowest BCUT2D eigenvalue weighted by atomic mass is 10.2. The van der Waals surface area contributed by atoms with Crippen molar-refractivity contribution in [2.24, 2.45) is 0 Å². The maximum atomic E-state index is 11.8. The van der Waals surface area contributed by atoms with Gasteiger partial charge in [0.05, 0.1) is 12.7 Å². The zero-order chi connectivity index (χ0) is 16.5. The van der Waals surface area contributed by atoms with E-state index in [4.69, 9.17) is 4.74 Å². The lowest BCUT2D eigenvalue weighted by molar-refractivity contribution is 0.0256. The van der Waals surface area contributed by atoms with Gasteiger partial charge in [-0.3, -0.25) is 5.32 Å². The molecule has 0 bridgehead atoms. The van der Waals surface area contributed by atoms with Crippen LogP contribution in [0.3, 0.4) is 0 Å². The summed E-state index contributed by atoms with van der Waals surface area (Å²) in [6, 6.07) is 6.41. The van der Waals surface area contributed by atoms with Crippen LogP contribution in [0, 0.1) is 0 Å². The summed E-state index contributed by atoms with van der Waals surface area (Å²) in [7, 11) is 1.26. The molecule has 0 aliphatic heterocycles. The second kappa shape index (κ2) is 9.01. The summed E-state index contributed by atoms with van der Waals surface area (Å²) < 4.78 is 9.48. The van der Waals surface area contributed by atoms with E-state index in [0.717, 1.165) is 0 Å². The van der Waals surface area contributed by atoms with Crippen LogP contribution < -0.4 is 10.6 Å². The molecule has 0 radical (unpaired) electrons. The van der Waals surface area contributed by atoms with Crippen molar-refractivity contribution < 1.29 is 24.2 Å². The maximum Gasteiger partial charge on any atom is 0.411 e. The number of esters is 1. The Balaban J connectivity index is 2.44. The highest BCUT2D eigenvalue weighted by Crippen LogP contribution is 2.11. The van der Waals surface area contributed by atoms with Crippen LogP contribution in [0.5, 0.6) is 0 Å². The van der Waals surface area contributed by atoms with E-state index in [0.29, 0.717) is 17.8 Å². The fourth-order valence-electron chi connectivity index (χ4n) is 1.54. The number of anilines is 1. The SMILES string of the molecule is COC(=O)Nc1ccc(C(=O)OCC(O)CNC(C)C)cc1. The molecule has 0 saturated carbocycles. The molecule has 7 heteroatoms.